The maximum atomic E-state index is 9.41. The van der Waals surface area contributed by atoms with Crippen molar-refractivity contribution in [1.29, 1.82) is 0 Å². The lowest BCUT2D eigenvalue weighted by Crippen LogP contribution is -2.35. The number of aromatic nitrogens is 1. The summed E-state index contributed by atoms with van der Waals surface area (Å²) in [6, 6.07) is 5.47. The summed E-state index contributed by atoms with van der Waals surface area (Å²) in [4.78, 5) is 5.59. The van der Waals surface area contributed by atoms with Crippen molar-refractivity contribution in [3.8, 4) is 5.75 Å². The fraction of sp³-hybridized carbons (Fsp3) is 0.385. The van der Waals surface area contributed by atoms with E-state index in [2.05, 4.69) is 9.88 Å². The summed E-state index contributed by atoms with van der Waals surface area (Å²) in [5, 5.41) is 10.6. The Kier molecular flexibility index (Phi) is 2.74. The van der Waals surface area contributed by atoms with Crippen molar-refractivity contribution >= 4 is 10.9 Å². The quantitative estimate of drug-likeness (QED) is 0.828. The third-order valence-corrected chi connectivity index (χ3v) is 3.25. The Hall–Kier alpha value is -1.52. The van der Waals surface area contributed by atoms with Crippen LogP contribution in [0.25, 0.3) is 10.9 Å². The highest BCUT2D eigenvalue weighted by atomic mass is 16.5. The lowest BCUT2D eigenvalue weighted by molar-refractivity contribution is 0.0343. The molecule has 1 fully saturated rings. The molecule has 1 aromatic carbocycles. The second-order valence-corrected chi connectivity index (χ2v) is 4.43. The number of phenols is 1. The molecule has 2 N–H and O–H groups in total. The van der Waals surface area contributed by atoms with E-state index in [1.165, 1.54) is 10.9 Å². The number of benzene rings is 1. The topological polar surface area (TPSA) is 48.5 Å². The molecule has 0 spiro atoms. The molecule has 0 radical (unpaired) electrons. The van der Waals surface area contributed by atoms with Crippen molar-refractivity contribution in [2.45, 2.75) is 6.54 Å². The van der Waals surface area contributed by atoms with Gasteiger partial charge in [-0.3, -0.25) is 4.90 Å². The lowest BCUT2D eigenvalue weighted by Gasteiger charge is -2.26. The third kappa shape index (κ3) is 2.14. The number of rotatable bonds is 2. The second-order valence-electron chi connectivity index (χ2n) is 4.43. The second kappa shape index (κ2) is 4.39. The van der Waals surface area contributed by atoms with Gasteiger partial charge in [0.15, 0.2) is 0 Å². The molecule has 0 amide bonds. The van der Waals surface area contributed by atoms with Gasteiger partial charge in [0.05, 0.1) is 13.2 Å². The average molecular weight is 232 g/mol. The molecule has 2 heterocycles. The number of aromatic hydroxyl groups is 1. The molecule has 0 atom stereocenters. The molecule has 1 aliphatic rings. The number of morpholine rings is 1. The van der Waals surface area contributed by atoms with Crippen LogP contribution in [-0.2, 0) is 11.3 Å². The van der Waals surface area contributed by atoms with Crippen molar-refractivity contribution in [3.63, 3.8) is 0 Å². The predicted molar refractivity (Wildman–Crippen MR) is 66.1 cm³/mol. The van der Waals surface area contributed by atoms with Gasteiger partial charge in [-0.15, -0.1) is 0 Å². The molecule has 0 saturated carbocycles. The van der Waals surface area contributed by atoms with Crippen LogP contribution in [0.5, 0.6) is 5.75 Å². The number of ether oxygens (including phenoxy) is 1. The number of fused-ring (bicyclic) bond motifs is 1. The first-order valence-corrected chi connectivity index (χ1v) is 5.92. The van der Waals surface area contributed by atoms with E-state index in [4.69, 9.17) is 4.74 Å². The number of hydrogen-bond donors (Lipinski definition) is 2. The lowest BCUT2D eigenvalue weighted by atomic mass is 10.1. The molecule has 4 heteroatoms. The van der Waals surface area contributed by atoms with Gasteiger partial charge in [0.1, 0.15) is 5.75 Å². The van der Waals surface area contributed by atoms with Gasteiger partial charge < -0.3 is 14.8 Å². The Balaban J connectivity index is 1.84. The van der Waals surface area contributed by atoms with Crippen LogP contribution >= 0.6 is 0 Å². The van der Waals surface area contributed by atoms with Gasteiger partial charge in [0.2, 0.25) is 0 Å². The first kappa shape index (κ1) is 10.6. The van der Waals surface area contributed by atoms with Gasteiger partial charge in [0, 0.05) is 42.8 Å². The molecule has 2 aromatic rings. The monoisotopic (exact) mass is 232 g/mol. The molecule has 1 aromatic heterocycles. The van der Waals surface area contributed by atoms with Gasteiger partial charge in [-0.1, -0.05) is 0 Å². The Morgan fingerprint density at radius 2 is 2.12 bits per heavy atom. The standard InChI is InChI=1S/C13H16N2O2/c16-11-1-2-12-10(8-14-13(12)7-11)9-15-3-5-17-6-4-15/h1-2,7-8,14,16H,3-6,9H2. The molecule has 90 valence electrons. The van der Waals surface area contributed by atoms with E-state index in [1.54, 1.807) is 12.1 Å². The number of nitrogens with zero attached hydrogens (tertiary/aromatic N) is 1. The smallest absolute Gasteiger partial charge is 0.117 e. The predicted octanol–water partition coefficient (Wildman–Crippen LogP) is 1.71. The van der Waals surface area contributed by atoms with E-state index >= 15 is 0 Å². The first-order valence-electron chi connectivity index (χ1n) is 5.92. The Morgan fingerprint density at radius 1 is 1.29 bits per heavy atom. The van der Waals surface area contributed by atoms with Gasteiger partial charge >= 0.3 is 0 Å². The number of aromatic amines is 1. The van der Waals surface area contributed by atoms with E-state index in [1.807, 2.05) is 12.3 Å². The van der Waals surface area contributed by atoms with Crippen LogP contribution < -0.4 is 0 Å². The summed E-state index contributed by atoms with van der Waals surface area (Å²) in [6.45, 7) is 4.57. The van der Waals surface area contributed by atoms with Crippen LogP contribution in [0.2, 0.25) is 0 Å². The van der Waals surface area contributed by atoms with Crippen LogP contribution in [0.4, 0.5) is 0 Å². The Labute approximate surface area is 99.8 Å². The summed E-state index contributed by atoms with van der Waals surface area (Å²) in [6.07, 6.45) is 2.03. The summed E-state index contributed by atoms with van der Waals surface area (Å²) in [5.74, 6) is 0.303. The molecular weight excluding hydrogens is 216 g/mol. The molecule has 3 rings (SSSR count). The molecule has 1 aliphatic heterocycles. The number of nitrogens with one attached hydrogen (secondary N) is 1. The normalized spacial score (nSPS) is 17.6. The van der Waals surface area contributed by atoms with Crippen molar-refractivity contribution in [2.24, 2.45) is 0 Å². The van der Waals surface area contributed by atoms with Crippen LogP contribution in [0.15, 0.2) is 24.4 Å². The molecule has 1 saturated heterocycles. The van der Waals surface area contributed by atoms with E-state index in [-0.39, 0.29) is 0 Å². The van der Waals surface area contributed by atoms with Gasteiger partial charge in [-0.2, -0.15) is 0 Å². The minimum Gasteiger partial charge on any atom is -0.508 e. The van der Waals surface area contributed by atoms with E-state index in [0.717, 1.165) is 38.4 Å². The summed E-state index contributed by atoms with van der Waals surface area (Å²) in [5.41, 5.74) is 2.27. The van der Waals surface area contributed by atoms with E-state index in [0.29, 0.717) is 5.75 Å². The van der Waals surface area contributed by atoms with Crippen molar-refractivity contribution in [1.82, 2.24) is 9.88 Å². The Bertz CT molecular complexity index is 515. The molecule has 17 heavy (non-hydrogen) atoms. The van der Waals surface area contributed by atoms with Gasteiger partial charge in [-0.05, 0) is 17.7 Å². The summed E-state index contributed by atoms with van der Waals surface area (Å²) >= 11 is 0. The van der Waals surface area contributed by atoms with Crippen LogP contribution in [0.1, 0.15) is 5.56 Å². The average Bonchev–Trinajstić information content (AvgIpc) is 2.73. The minimum atomic E-state index is 0.303. The largest absolute Gasteiger partial charge is 0.508 e. The van der Waals surface area contributed by atoms with Gasteiger partial charge in [0.25, 0.3) is 0 Å². The van der Waals surface area contributed by atoms with Crippen LogP contribution in [0, 0.1) is 0 Å². The highest BCUT2D eigenvalue weighted by Gasteiger charge is 2.13. The van der Waals surface area contributed by atoms with E-state index < -0.39 is 0 Å². The zero-order valence-electron chi connectivity index (χ0n) is 9.65. The SMILES string of the molecule is Oc1ccc2c(CN3CCOCC3)c[nH]c2c1. The first-order chi connectivity index (χ1) is 8.33. The van der Waals surface area contributed by atoms with Crippen molar-refractivity contribution in [3.05, 3.63) is 30.0 Å². The maximum absolute atomic E-state index is 9.41. The number of H-pyrrole nitrogens is 1. The number of hydrogen-bond acceptors (Lipinski definition) is 3. The summed E-state index contributed by atoms with van der Waals surface area (Å²) in [7, 11) is 0. The highest BCUT2D eigenvalue weighted by molar-refractivity contribution is 5.84. The van der Waals surface area contributed by atoms with Gasteiger partial charge in [-0.25, -0.2) is 0 Å². The van der Waals surface area contributed by atoms with Crippen molar-refractivity contribution < 1.29 is 9.84 Å². The molecule has 0 bridgehead atoms. The maximum Gasteiger partial charge on any atom is 0.117 e. The van der Waals surface area contributed by atoms with Crippen LogP contribution in [0.3, 0.4) is 0 Å². The molecule has 0 unspecified atom stereocenters. The van der Waals surface area contributed by atoms with Crippen LogP contribution in [-0.4, -0.2) is 41.3 Å². The Morgan fingerprint density at radius 3 is 2.94 bits per heavy atom. The fourth-order valence-corrected chi connectivity index (χ4v) is 2.31. The highest BCUT2D eigenvalue weighted by Crippen LogP contribution is 2.23. The summed E-state index contributed by atoms with van der Waals surface area (Å²) < 4.78 is 5.34. The zero-order chi connectivity index (χ0) is 11.7. The minimum absolute atomic E-state index is 0.303. The molecule has 4 nitrogen and oxygen atoms in total. The molecule has 0 aliphatic carbocycles. The molecular formula is C13H16N2O2. The fourth-order valence-electron chi connectivity index (χ4n) is 2.31. The zero-order valence-corrected chi connectivity index (χ0v) is 9.65. The third-order valence-electron chi connectivity index (χ3n) is 3.25. The van der Waals surface area contributed by atoms with E-state index in [9.17, 15) is 5.11 Å². The number of phenolic OH excluding ortho intramolecular Hbond substituents is 1. The van der Waals surface area contributed by atoms with Crippen molar-refractivity contribution in [2.75, 3.05) is 26.3 Å².